The Balaban J connectivity index is 2.02. The van der Waals surface area contributed by atoms with Crippen molar-refractivity contribution in [3.63, 3.8) is 0 Å². The molecule has 0 aliphatic carbocycles. The van der Waals surface area contributed by atoms with Crippen LogP contribution in [-0.2, 0) is 5.40 Å². The van der Waals surface area contributed by atoms with Gasteiger partial charge >= 0.3 is 0 Å². The highest BCUT2D eigenvalue weighted by molar-refractivity contribution is 6.38. The van der Waals surface area contributed by atoms with Gasteiger partial charge in [0.2, 0.25) is 0 Å². The third-order valence-electron chi connectivity index (χ3n) is 4.62. The Labute approximate surface area is 173 Å². The molecule has 3 aromatic rings. The Bertz CT molecular complexity index is 1210. The van der Waals surface area contributed by atoms with Crippen LogP contribution >= 0.6 is 0 Å². The van der Waals surface area contributed by atoms with Gasteiger partial charge in [-0.05, 0) is 31.5 Å². The lowest BCUT2D eigenvalue weighted by atomic mass is 9.62. The summed E-state index contributed by atoms with van der Waals surface area (Å²) in [5.41, 5.74) is 1.58. The van der Waals surface area contributed by atoms with E-state index in [0.29, 0.717) is 11.4 Å². The van der Waals surface area contributed by atoms with Gasteiger partial charge in [0.1, 0.15) is 28.8 Å². The lowest BCUT2D eigenvalue weighted by Crippen LogP contribution is -2.37. The third-order valence-corrected chi connectivity index (χ3v) is 4.62. The molecule has 152 valence electrons. The number of hydrogen-bond acceptors (Lipinski definition) is 5. The van der Waals surface area contributed by atoms with Gasteiger partial charge in [-0.3, -0.25) is 24.1 Å². The Morgan fingerprint density at radius 1 is 1.10 bits per heavy atom. The highest BCUT2D eigenvalue weighted by Crippen LogP contribution is 2.25. The van der Waals surface area contributed by atoms with Gasteiger partial charge in [-0.15, -0.1) is 0 Å². The average Bonchev–Trinajstić information content (AvgIpc) is 2.61. The largest absolute Gasteiger partial charge is 0.499 e. The summed E-state index contributed by atoms with van der Waals surface area (Å²) in [6.45, 7) is 4.90. The fraction of sp³-hybridized carbons (Fsp3) is 0.200. The number of ketones is 1. The topological polar surface area (TPSA) is 74.1 Å². The van der Waals surface area contributed by atoms with Crippen molar-refractivity contribution in [3.05, 3.63) is 81.3 Å². The van der Waals surface area contributed by atoms with E-state index in [1.807, 2.05) is 0 Å². The van der Waals surface area contributed by atoms with E-state index in [1.165, 1.54) is 23.8 Å². The van der Waals surface area contributed by atoms with Gasteiger partial charge in [0.25, 0.3) is 5.56 Å². The number of aromatic nitrogens is 3. The summed E-state index contributed by atoms with van der Waals surface area (Å²) >= 11 is 0. The zero-order valence-corrected chi connectivity index (χ0v) is 17.3. The Kier molecular flexibility index (Phi) is 5.61. The Hall–Kier alpha value is -3.29. The number of rotatable bonds is 5. The summed E-state index contributed by atoms with van der Waals surface area (Å²) in [6, 6.07) is 5.19. The summed E-state index contributed by atoms with van der Waals surface area (Å²) in [7, 11) is 3.15. The van der Waals surface area contributed by atoms with Gasteiger partial charge in [0.15, 0.2) is 21.5 Å². The van der Waals surface area contributed by atoms with Crippen LogP contribution in [0.1, 0.15) is 34.4 Å². The molecule has 10 heteroatoms. The molecule has 0 N–H and O–H groups in total. The molecule has 3 rings (SSSR count). The third kappa shape index (κ3) is 4.17. The van der Waals surface area contributed by atoms with Crippen molar-refractivity contribution in [1.82, 2.24) is 14.5 Å². The van der Waals surface area contributed by atoms with Gasteiger partial charge < -0.3 is 4.74 Å². The second-order valence-corrected chi connectivity index (χ2v) is 7.51. The molecule has 0 radical (unpaired) electrons. The Morgan fingerprint density at radius 3 is 2.40 bits per heavy atom. The van der Waals surface area contributed by atoms with E-state index in [9.17, 15) is 18.4 Å². The first kappa shape index (κ1) is 21.4. The summed E-state index contributed by atoms with van der Waals surface area (Å²) < 4.78 is 34.6. The van der Waals surface area contributed by atoms with Crippen LogP contribution in [0.4, 0.5) is 8.78 Å². The van der Waals surface area contributed by atoms with Crippen molar-refractivity contribution in [2.24, 2.45) is 0 Å². The van der Waals surface area contributed by atoms with Crippen LogP contribution in [0, 0.1) is 25.5 Å². The van der Waals surface area contributed by atoms with Crippen LogP contribution in [0.2, 0.25) is 0 Å². The van der Waals surface area contributed by atoms with Gasteiger partial charge in [0, 0.05) is 30.9 Å². The normalized spacial score (nSPS) is 11.4. The smallest absolute Gasteiger partial charge is 0.259 e. The summed E-state index contributed by atoms with van der Waals surface area (Å²) in [5.74, 6) is -1.63. The fourth-order valence-electron chi connectivity index (χ4n) is 3.19. The number of ether oxygens (including phenoxy) is 1. The zero-order chi connectivity index (χ0) is 22.2. The van der Waals surface area contributed by atoms with Crippen molar-refractivity contribution in [2.75, 3.05) is 0 Å². The number of aryl methyl sites for hydroxylation is 2. The van der Waals surface area contributed by atoms with Crippen LogP contribution < -0.4 is 10.3 Å². The monoisotopic (exact) mass is 409 g/mol. The first-order valence-electron chi connectivity index (χ1n) is 9.22. The standard InChI is InChI=1S/C20H19B2F2N3O3/c1-10-8-25-16(12(3)28)7-17(10)27-11(2)4-14(6-18(27)29)30-20(21,22)19-15(24)5-13(23)9-26-19/h4-9H,21-22H2,1-3H3. The molecule has 0 unspecified atom stereocenters. The van der Waals surface area contributed by atoms with Crippen LogP contribution in [-0.4, -0.2) is 36.0 Å². The minimum atomic E-state index is -1.25. The summed E-state index contributed by atoms with van der Waals surface area (Å²) in [6.07, 6.45) is 2.44. The lowest BCUT2D eigenvalue weighted by Gasteiger charge is -2.27. The molecule has 0 aromatic carbocycles. The van der Waals surface area contributed by atoms with E-state index >= 15 is 0 Å². The maximum Gasteiger partial charge on any atom is 0.259 e. The zero-order valence-electron chi connectivity index (χ0n) is 17.3. The molecule has 6 nitrogen and oxygen atoms in total. The molecule has 3 aromatic heterocycles. The van der Waals surface area contributed by atoms with Crippen LogP contribution in [0.15, 0.2) is 41.5 Å². The van der Waals surface area contributed by atoms with Crippen molar-refractivity contribution in [2.45, 2.75) is 26.2 Å². The molecule has 0 aliphatic heterocycles. The predicted octanol–water partition coefficient (Wildman–Crippen LogP) is 1.18. The summed E-state index contributed by atoms with van der Waals surface area (Å²) in [4.78, 5) is 32.4. The molecule has 0 bridgehead atoms. The van der Waals surface area contributed by atoms with E-state index in [1.54, 1.807) is 41.7 Å². The number of pyridine rings is 3. The number of carbonyl (C=O) groups excluding carboxylic acids is 1. The van der Waals surface area contributed by atoms with E-state index in [0.717, 1.165) is 17.8 Å². The van der Waals surface area contributed by atoms with Crippen molar-refractivity contribution in [3.8, 4) is 11.4 Å². The SMILES string of the molecule is BC(B)(Oc1cc(C)n(-c2cc(C(C)=O)ncc2C)c(=O)c1)c1ncc(F)cc1F. The van der Waals surface area contributed by atoms with E-state index in [-0.39, 0.29) is 22.9 Å². The molecule has 0 atom stereocenters. The molecule has 0 saturated carbocycles. The molecule has 0 fully saturated rings. The van der Waals surface area contributed by atoms with Gasteiger partial charge in [-0.25, -0.2) is 8.78 Å². The van der Waals surface area contributed by atoms with Crippen LogP contribution in [0.3, 0.4) is 0 Å². The van der Waals surface area contributed by atoms with Gasteiger partial charge in [0.05, 0.1) is 17.3 Å². The Morgan fingerprint density at radius 2 is 1.80 bits per heavy atom. The minimum Gasteiger partial charge on any atom is -0.499 e. The fourth-order valence-corrected chi connectivity index (χ4v) is 3.19. The minimum absolute atomic E-state index is 0.0817. The maximum absolute atomic E-state index is 14.2. The van der Waals surface area contributed by atoms with Crippen molar-refractivity contribution >= 4 is 21.5 Å². The highest BCUT2D eigenvalue weighted by Gasteiger charge is 2.29. The second kappa shape index (κ2) is 7.85. The van der Waals surface area contributed by atoms with E-state index in [4.69, 9.17) is 4.74 Å². The van der Waals surface area contributed by atoms with Gasteiger partial charge in [-0.2, -0.15) is 0 Å². The first-order valence-corrected chi connectivity index (χ1v) is 9.22. The predicted molar refractivity (Wildman–Crippen MR) is 113 cm³/mol. The highest BCUT2D eigenvalue weighted by atomic mass is 19.1. The van der Waals surface area contributed by atoms with Crippen LogP contribution in [0.5, 0.6) is 5.75 Å². The molecule has 0 aliphatic rings. The van der Waals surface area contributed by atoms with Crippen molar-refractivity contribution in [1.29, 1.82) is 0 Å². The van der Waals surface area contributed by atoms with E-state index < -0.39 is 22.6 Å². The number of halogens is 2. The number of Topliss-reactive ketones (excluding diaryl/α,β-unsaturated/α-hetero) is 1. The van der Waals surface area contributed by atoms with E-state index in [2.05, 4.69) is 9.97 Å². The molecule has 3 heterocycles. The number of nitrogens with zero attached hydrogens (tertiary/aromatic N) is 3. The number of carbonyl (C=O) groups is 1. The summed E-state index contributed by atoms with van der Waals surface area (Å²) in [5, 5.41) is -1.25. The van der Waals surface area contributed by atoms with Crippen molar-refractivity contribution < 1.29 is 18.3 Å². The molecule has 0 amide bonds. The molecular formula is C20H19B2F2N3O3. The molecule has 30 heavy (non-hydrogen) atoms. The second-order valence-electron chi connectivity index (χ2n) is 7.51. The molecule has 0 saturated heterocycles. The molecular weight excluding hydrogens is 390 g/mol. The van der Waals surface area contributed by atoms with Crippen LogP contribution in [0.25, 0.3) is 5.69 Å². The van der Waals surface area contributed by atoms with Gasteiger partial charge in [-0.1, -0.05) is 0 Å². The molecule has 0 spiro atoms. The first-order chi connectivity index (χ1) is 14.0. The quantitative estimate of drug-likeness (QED) is 0.468. The lowest BCUT2D eigenvalue weighted by molar-refractivity contribution is 0.101. The number of hydrogen-bond donors (Lipinski definition) is 0. The maximum atomic E-state index is 14.2. The average molecular weight is 409 g/mol.